The lowest BCUT2D eigenvalue weighted by molar-refractivity contribution is 0.281. The zero-order valence-corrected chi connectivity index (χ0v) is 14.7. The van der Waals surface area contributed by atoms with Crippen molar-refractivity contribution < 1.29 is 9.47 Å². The number of hydrogen-bond donors (Lipinski definition) is 0. The van der Waals surface area contributed by atoms with Crippen LogP contribution in [0.4, 0.5) is 0 Å². The monoisotopic (exact) mass is 332 g/mol. The topological polar surface area (TPSA) is 18.5 Å². The SMILES string of the molecule is CCc1ccc(COc2ccccc2)c(OCCc2ccccc2)c1. The Morgan fingerprint density at radius 3 is 2.16 bits per heavy atom. The minimum Gasteiger partial charge on any atom is -0.493 e. The third-order valence-corrected chi connectivity index (χ3v) is 4.17. The van der Waals surface area contributed by atoms with E-state index < -0.39 is 0 Å². The molecule has 0 saturated heterocycles. The van der Waals surface area contributed by atoms with E-state index in [1.165, 1.54) is 11.1 Å². The van der Waals surface area contributed by atoms with Crippen molar-refractivity contribution in [3.63, 3.8) is 0 Å². The molecule has 3 aromatic rings. The Labute approximate surface area is 150 Å². The van der Waals surface area contributed by atoms with Crippen molar-refractivity contribution in [2.24, 2.45) is 0 Å². The molecule has 2 nitrogen and oxygen atoms in total. The quantitative estimate of drug-likeness (QED) is 0.546. The van der Waals surface area contributed by atoms with E-state index in [-0.39, 0.29) is 0 Å². The van der Waals surface area contributed by atoms with E-state index in [9.17, 15) is 0 Å². The lowest BCUT2D eigenvalue weighted by atomic mass is 10.1. The van der Waals surface area contributed by atoms with Gasteiger partial charge in [0.1, 0.15) is 18.1 Å². The van der Waals surface area contributed by atoms with Crippen molar-refractivity contribution >= 4 is 0 Å². The summed E-state index contributed by atoms with van der Waals surface area (Å²) in [6.07, 6.45) is 1.89. The predicted octanol–water partition coefficient (Wildman–Crippen LogP) is 5.45. The van der Waals surface area contributed by atoms with Crippen molar-refractivity contribution in [2.75, 3.05) is 6.61 Å². The summed E-state index contributed by atoms with van der Waals surface area (Å²) < 4.78 is 12.0. The van der Waals surface area contributed by atoms with Gasteiger partial charge in [0.15, 0.2) is 0 Å². The number of benzene rings is 3. The molecule has 0 fully saturated rings. The van der Waals surface area contributed by atoms with E-state index in [2.05, 4.69) is 49.4 Å². The largest absolute Gasteiger partial charge is 0.493 e. The van der Waals surface area contributed by atoms with Crippen LogP contribution in [0.1, 0.15) is 23.6 Å². The smallest absolute Gasteiger partial charge is 0.126 e. The second-order valence-corrected chi connectivity index (χ2v) is 5.98. The Bertz CT molecular complexity index is 767. The molecule has 0 radical (unpaired) electrons. The lowest BCUT2D eigenvalue weighted by Gasteiger charge is -2.14. The molecule has 0 saturated carbocycles. The van der Waals surface area contributed by atoms with E-state index in [4.69, 9.17) is 9.47 Å². The third kappa shape index (κ3) is 5.12. The van der Waals surface area contributed by atoms with Gasteiger partial charge in [0.2, 0.25) is 0 Å². The fourth-order valence-corrected chi connectivity index (χ4v) is 2.67. The lowest BCUT2D eigenvalue weighted by Crippen LogP contribution is -2.05. The van der Waals surface area contributed by atoms with Gasteiger partial charge in [0.25, 0.3) is 0 Å². The van der Waals surface area contributed by atoms with E-state index >= 15 is 0 Å². The van der Waals surface area contributed by atoms with E-state index in [1.54, 1.807) is 0 Å². The highest BCUT2D eigenvalue weighted by molar-refractivity contribution is 5.38. The number of ether oxygens (including phenoxy) is 2. The van der Waals surface area contributed by atoms with Crippen LogP contribution >= 0.6 is 0 Å². The van der Waals surface area contributed by atoms with Crippen LogP contribution in [0, 0.1) is 0 Å². The third-order valence-electron chi connectivity index (χ3n) is 4.17. The predicted molar refractivity (Wildman–Crippen MR) is 102 cm³/mol. The number of para-hydroxylation sites is 1. The molecular formula is C23H24O2. The molecule has 128 valence electrons. The van der Waals surface area contributed by atoms with Gasteiger partial charge in [0, 0.05) is 12.0 Å². The Hall–Kier alpha value is -2.74. The van der Waals surface area contributed by atoms with Crippen molar-refractivity contribution in [1.82, 2.24) is 0 Å². The Morgan fingerprint density at radius 2 is 1.44 bits per heavy atom. The summed E-state index contributed by atoms with van der Waals surface area (Å²) in [6.45, 7) is 3.33. The maximum atomic E-state index is 6.09. The number of rotatable bonds is 8. The summed E-state index contributed by atoms with van der Waals surface area (Å²) in [6, 6.07) is 26.7. The normalized spacial score (nSPS) is 10.4. The minimum absolute atomic E-state index is 0.509. The van der Waals surface area contributed by atoms with E-state index in [0.29, 0.717) is 13.2 Å². The minimum atomic E-state index is 0.509. The molecule has 0 bridgehead atoms. The summed E-state index contributed by atoms with van der Waals surface area (Å²) in [5.74, 6) is 1.79. The molecule has 0 atom stereocenters. The van der Waals surface area contributed by atoms with Crippen LogP contribution in [0.3, 0.4) is 0 Å². The maximum absolute atomic E-state index is 6.09. The molecule has 3 aromatic carbocycles. The first kappa shape index (κ1) is 17.1. The van der Waals surface area contributed by atoms with Gasteiger partial charge in [-0.3, -0.25) is 0 Å². The summed E-state index contributed by atoms with van der Waals surface area (Å²) in [5.41, 5.74) is 3.64. The van der Waals surface area contributed by atoms with Gasteiger partial charge >= 0.3 is 0 Å². The number of hydrogen-bond acceptors (Lipinski definition) is 2. The number of aryl methyl sites for hydroxylation is 1. The van der Waals surface area contributed by atoms with Gasteiger partial charge < -0.3 is 9.47 Å². The van der Waals surface area contributed by atoms with Crippen LogP contribution in [0.15, 0.2) is 78.9 Å². The van der Waals surface area contributed by atoms with Crippen molar-refractivity contribution in [2.45, 2.75) is 26.4 Å². The average Bonchev–Trinajstić information content (AvgIpc) is 2.68. The zero-order chi connectivity index (χ0) is 17.3. The molecular weight excluding hydrogens is 308 g/mol. The van der Waals surface area contributed by atoms with Crippen LogP contribution in [0.25, 0.3) is 0 Å². The van der Waals surface area contributed by atoms with Crippen LogP contribution in [0.2, 0.25) is 0 Å². The first-order valence-electron chi connectivity index (χ1n) is 8.81. The fourth-order valence-electron chi connectivity index (χ4n) is 2.67. The molecule has 0 amide bonds. The second kappa shape index (κ2) is 8.93. The van der Waals surface area contributed by atoms with Gasteiger partial charge in [-0.05, 0) is 35.7 Å². The summed E-state index contributed by atoms with van der Waals surface area (Å²) >= 11 is 0. The first-order valence-corrected chi connectivity index (χ1v) is 8.81. The molecule has 0 spiro atoms. The van der Waals surface area contributed by atoms with Gasteiger partial charge in [-0.1, -0.05) is 67.6 Å². The van der Waals surface area contributed by atoms with E-state index in [1.807, 2.05) is 36.4 Å². The van der Waals surface area contributed by atoms with E-state index in [0.717, 1.165) is 29.9 Å². The molecule has 0 aliphatic carbocycles. The Kier molecular flexibility index (Phi) is 6.11. The molecule has 25 heavy (non-hydrogen) atoms. The van der Waals surface area contributed by atoms with Crippen LogP contribution in [-0.2, 0) is 19.4 Å². The summed E-state index contributed by atoms with van der Waals surface area (Å²) in [5, 5.41) is 0. The first-order chi connectivity index (χ1) is 12.3. The maximum Gasteiger partial charge on any atom is 0.126 e. The van der Waals surface area contributed by atoms with Gasteiger partial charge in [-0.25, -0.2) is 0 Å². The Balaban J connectivity index is 1.65. The van der Waals surface area contributed by atoms with Crippen LogP contribution < -0.4 is 9.47 Å². The Morgan fingerprint density at radius 1 is 0.720 bits per heavy atom. The molecule has 0 unspecified atom stereocenters. The van der Waals surface area contributed by atoms with Gasteiger partial charge in [-0.2, -0.15) is 0 Å². The zero-order valence-electron chi connectivity index (χ0n) is 14.7. The molecule has 0 N–H and O–H groups in total. The molecule has 2 heteroatoms. The highest BCUT2D eigenvalue weighted by Crippen LogP contribution is 2.23. The summed E-state index contributed by atoms with van der Waals surface area (Å²) in [4.78, 5) is 0. The van der Waals surface area contributed by atoms with Gasteiger partial charge in [-0.15, -0.1) is 0 Å². The average molecular weight is 332 g/mol. The second-order valence-electron chi connectivity index (χ2n) is 5.98. The molecule has 0 aliphatic rings. The van der Waals surface area contributed by atoms with Crippen molar-refractivity contribution in [3.8, 4) is 11.5 Å². The van der Waals surface area contributed by atoms with Crippen molar-refractivity contribution in [3.05, 3.63) is 95.6 Å². The van der Waals surface area contributed by atoms with Gasteiger partial charge in [0.05, 0.1) is 6.61 Å². The molecule has 3 rings (SSSR count). The highest BCUT2D eigenvalue weighted by atomic mass is 16.5. The molecule has 0 aliphatic heterocycles. The van der Waals surface area contributed by atoms with Crippen LogP contribution in [0.5, 0.6) is 11.5 Å². The van der Waals surface area contributed by atoms with Crippen LogP contribution in [-0.4, -0.2) is 6.61 Å². The molecule has 0 heterocycles. The standard InChI is InChI=1S/C23H24O2/c1-2-19-13-14-21(18-25-22-11-7-4-8-12-22)23(17-19)24-16-15-20-9-5-3-6-10-20/h3-14,17H,2,15-16,18H2,1H3. The molecule has 0 aromatic heterocycles. The van der Waals surface area contributed by atoms with Crippen molar-refractivity contribution in [1.29, 1.82) is 0 Å². The highest BCUT2D eigenvalue weighted by Gasteiger charge is 2.07. The summed E-state index contributed by atoms with van der Waals surface area (Å²) in [7, 11) is 0. The fraction of sp³-hybridized carbons (Fsp3) is 0.217.